The Hall–Kier alpha value is -3.40. The van der Waals surface area contributed by atoms with Crippen LogP contribution in [-0.4, -0.2) is 33.8 Å². The van der Waals surface area contributed by atoms with Gasteiger partial charge >= 0.3 is 11.7 Å². The molecule has 144 valence electrons. The number of methoxy groups -OCH3 is 1. The summed E-state index contributed by atoms with van der Waals surface area (Å²) in [5.41, 5.74) is 0.131. The van der Waals surface area contributed by atoms with Crippen LogP contribution in [-0.2, 0) is 0 Å². The van der Waals surface area contributed by atoms with Crippen molar-refractivity contribution in [2.45, 2.75) is 5.16 Å². The summed E-state index contributed by atoms with van der Waals surface area (Å²) in [6.45, 7) is 0. The zero-order chi connectivity index (χ0) is 20.3. The van der Waals surface area contributed by atoms with Gasteiger partial charge in [0.15, 0.2) is 10.9 Å². The highest BCUT2D eigenvalue weighted by atomic mass is 32.2. The van der Waals surface area contributed by atoms with Gasteiger partial charge in [-0.15, -0.1) is 0 Å². The highest BCUT2D eigenvalue weighted by molar-refractivity contribution is 7.98. The molecule has 0 radical (unpaired) electrons. The number of carbonyl (C=O) groups excluding carboxylic acids is 1. The Morgan fingerprint density at radius 1 is 1.25 bits per heavy atom. The van der Waals surface area contributed by atoms with Crippen molar-refractivity contribution in [3.05, 3.63) is 70.3 Å². The molecule has 28 heavy (non-hydrogen) atoms. The molecule has 1 heterocycles. The molecule has 0 spiro atoms. The Morgan fingerprint density at radius 2 is 1.96 bits per heavy atom. The Kier molecular flexibility index (Phi) is 5.59. The van der Waals surface area contributed by atoms with Crippen LogP contribution in [0.3, 0.4) is 0 Å². The summed E-state index contributed by atoms with van der Waals surface area (Å²) in [6, 6.07) is 9.37. The van der Waals surface area contributed by atoms with Gasteiger partial charge in [0.1, 0.15) is 11.6 Å². The number of benzene rings is 2. The minimum atomic E-state index is -0.842. The third-order valence-electron chi connectivity index (χ3n) is 3.77. The van der Waals surface area contributed by atoms with Crippen molar-refractivity contribution in [3.8, 4) is 17.2 Å². The summed E-state index contributed by atoms with van der Waals surface area (Å²) in [4.78, 5) is 27.5. The number of imidazole rings is 1. The zero-order valence-corrected chi connectivity index (χ0v) is 15.6. The first-order valence-electron chi connectivity index (χ1n) is 7.87. The van der Waals surface area contributed by atoms with Crippen LogP contribution >= 0.6 is 11.8 Å². The highest BCUT2D eigenvalue weighted by Crippen LogP contribution is 2.32. The number of carbonyl (C=O) groups is 1. The topological polar surface area (TPSA) is 96.5 Å². The standard InChI is InChI=1S/C18H14FN3O5S/c1-26-13-7-8-16(14(9-13)22(24)25)27-17(23)15-10-20-18(28-2)21(15)12-5-3-11(19)4-6-12/h3-10H,1-2H3. The normalized spacial score (nSPS) is 10.5. The predicted octanol–water partition coefficient (Wildman–Crippen LogP) is 3.87. The van der Waals surface area contributed by atoms with E-state index < -0.39 is 22.4 Å². The summed E-state index contributed by atoms with van der Waals surface area (Å²) >= 11 is 1.28. The minimum absolute atomic E-state index is 0.0427. The number of ether oxygens (including phenoxy) is 2. The van der Waals surface area contributed by atoms with Gasteiger partial charge in [-0.05, 0) is 42.7 Å². The van der Waals surface area contributed by atoms with E-state index in [1.165, 1.54) is 66.0 Å². The van der Waals surface area contributed by atoms with Crippen LogP contribution in [0, 0.1) is 15.9 Å². The molecule has 0 atom stereocenters. The Bertz CT molecular complexity index is 1040. The Morgan fingerprint density at radius 3 is 2.57 bits per heavy atom. The monoisotopic (exact) mass is 403 g/mol. The number of thioether (sulfide) groups is 1. The summed E-state index contributed by atoms with van der Waals surface area (Å²) in [5.74, 6) is -1.24. The fourth-order valence-corrected chi connectivity index (χ4v) is 3.01. The average Bonchev–Trinajstić information content (AvgIpc) is 3.13. The van der Waals surface area contributed by atoms with Crippen molar-refractivity contribution in [3.63, 3.8) is 0 Å². The first-order chi connectivity index (χ1) is 13.4. The van der Waals surface area contributed by atoms with Gasteiger partial charge in [0.05, 0.1) is 24.3 Å². The molecule has 0 aliphatic carbocycles. The molecule has 3 rings (SSSR count). The van der Waals surface area contributed by atoms with Crippen LogP contribution in [0.5, 0.6) is 11.5 Å². The van der Waals surface area contributed by atoms with Crippen molar-refractivity contribution in [2.75, 3.05) is 13.4 Å². The van der Waals surface area contributed by atoms with Gasteiger partial charge in [0, 0.05) is 5.69 Å². The van der Waals surface area contributed by atoms with E-state index in [-0.39, 0.29) is 17.2 Å². The second kappa shape index (κ2) is 8.09. The maximum absolute atomic E-state index is 13.2. The third kappa shape index (κ3) is 3.81. The number of nitrogens with zero attached hydrogens (tertiary/aromatic N) is 3. The van der Waals surface area contributed by atoms with Gasteiger partial charge in [-0.3, -0.25) is 14.7 Å². The second-order valence-electron chi connectivity index (χ2n) is 5.42. The lowest BCUT2D eigenvalue weighted by molar-refractivity contribution is -0.385. The maximum atomic E-state index is 13.2. The lowest BCUT2D eigenvalue weighted by Gasteiger charge is -2.11. The van der Waals surface area contributed by atoms with Gasteiger partial charge < -0.3 is 9.47 Å². The van der Waals surface area contributed by atoms with E-state index >= 15 is 0 Å². The van der Waals surface area contributed by atoms with E-state index in [1.807, 2.05) is 0 Å². The van der Waals surface area contributed by atoms with Crippen molar-refractivity contribution in [1.82, 2.24) is 9.55 Å². The average molecular weight is 403 g/mol. The lowest BCUT2D eigenvalue weighted by Crippen LogP contribution is -2.15. The largest absolute Gasteiger partial charge is 0.496 e. The number of halogens is 1. The summed E-state index contributed by atoms with van der Waals surface area (Å²) < 4.78 is 24.9. The van der Waals surface area contributed by atoms with Gasteiger partial charge in [0.25, 0.3) is 0 Å². The van der Waals surface area contributed by atoms with E-state index in [4.69, 9.17) is 9.47 Å². The van der Waals surface area contributed by atoms with Crippen LogP contribution in [0.2, 0.25) is 0 Å². The molecule has 0 N–H and O–H groups in total. The molecule has 0 bridgehead atoms. The molecule has 0 aliphatic heterocycles. The fourth-order valence-electron chi connectivity index (χ4n) is 2.47. The highest BCUT2D eigenvalue weighted by Gasteiger charge is 2.24. The van der Waals surface area contributed by atoms with E-state index in [1.54, 1.807) is 6.26 Å². The predicted molar refractivity (Wildman–Crippen MR) is 99.9 cm³/mol. The van der Waals surface area contributed by atoms with E-state index in [0.717, 1.165) is 6.07 Å². The fraction of sp³-hybridized carbons (Fsp3) is 0.111. The molecular formula is C18H14FN3O5S. The maximum Gasteiger partial charge on any atom is 0.362 e. The number of hydrogen-bond donors (Lipinski definition) is 0. The Labute approximate surface area is 163 Å². The SMILES string of the molecule is COc1ccc(OC(=O)c2cnc(SC)n2-c2ccc(F)cc2)c([N+](=O)[O-])c1. The quantitative estimate of drug-likeness (QED) is 0.203. The minimum Gasteiger partial charge on any atom is -0.496 e. The number of rotatable bonds is 6. The molecule has 2 aromatic carbocycles. The molecule has 0 unspecified atom stereocenters. The van der Waals surface area contributed by atoms with Crippen molar-refractivity contribution >= 4 is 23.4 Å². The molecule has 0 saturated heterocycles. The van der Waals surface area contributed by atoms with Crippen molar-refractivity contribution < 1.29 is 23.6 Å². The zero-order valence-electron chi connectivity index (χ0n) is 14.8. The van der Waals surface area contributed by atoms with E-state index in [2.05, 4.69) is 4.98 Å². The van der Waals surface area contributed by atoms with Crippen LogP contribution in [0.25, 0.3) is 5.69 Å². The number of aromatic nitrogens is 2. The third-order valence-corrected chi connectivity index (χ3v) is 4.42. The molecule has 10 heteroatoms. The van der Waals surface area contributed by atoms with Crippen LogP contribution in [0.4, 0.5) is 10.1 Å². The molecule has 8 nitrogen and oxygen atoms in total. The van der Waals surface area contributed by atoms with Crippen LogP contribution in [0.1, 0.15) is 10.5 Å². The smallest absolute Gasteiger partial charge is 0.362 e. The molecular weight excluding hydrogens is 389 g/mol. The molecule has 1 aromatic heterocycles. The number of nitro groups is 1. The number of nitro benzene ring substituents is 1. The number of esters is 1. The summed E-state index contributed by atoms with van der Waals surface area (Å²) in [6.07, 6.45) is 3.07. The number of hydrogen-bond acceptors (Lipinski definition) is 7. The van der Waals surface area contributed by atoms with Crippen LogP contribution in [0.15, 0.2) is 53.8 Å². The van der Waals surface area contributed by atoms with Crippen LogP contribution < -0.4 is 9.47 Å². The first kappa shape index (κ1) is 19.4. The lowest BCUT2D eigenvalue weighted by atomic mass is 10.2. The van der Waals surface area contributed by atoms with Gasteiger partial charge in [-0.2, -0.15) is 0 Å². The van der Waals surface area contributed by atoms with Crippen molar-refractivity contribution in [1.29, 1.82) is 0 Å². The molecule has 3 aromatic rings. The van der Waals surface area contributed by atoms with Gasteiger partial charge in [-0.25, -0.2) is 14.2 Å². The van der Waals surface area contributed by atoms with Gasteiger partial charge in [-0.1, -0.05) is 11.8 Å². The molecule has 0 amide bonds. The van der Waals surface area contributed by atoms with Gasteiger partial charge in [0.2, 0.25) is 5.75 Å². The van der Waals surface area contributed by atoms with Crippen molar-refractivity contribution in [2.24, 2.45) is 0 Å². The molecule has 0 aliphatic rings. The summed E-state index contributed by atoms with van der Waals surface area (Å²) in [5, 5.41) is 11.8. The summed E-state index contributed by atoms with van der Waals surface area (Å²) in [7, 11) is 1.37. The first-order valence-corrected chi connectivity index (χ1v) is 9.09. The molecule has 0 fully saturated rings. The molecule has 0 saturated carbocycles. The Balaban J connectivity index is 1.99. The second-order valence-corrected chi connectivity index (χ2v) is 6.20. The van der Waals surface area contributed by atoms with E-state index in [9.17, 15) is 19.3 Å². The van der Waals surface area contributed by atoms with E-state index in [0.29, 0.717) is 10.8 Å².